The van der Waals surface area contributed by atoms with Crippen molar-refractivity contribution in [2.24, 2.45) is 0 Å². The van der Waals surface area contributed by atoms with Gasteiger partial charge in [0.05, 0.1) is 6.42 Å². The third-order valence-corrected chi connectivity index (χ3v) is 1.25. The molecule has 0 bridgehead atoms. The first-order chi connectivity index (χ1) is 5.57. The van der Waals surface area contributed by atoms with Gasteiger partial charge >= 0.3 is 6.09 Å². The summed E-state index contributed by atoms with van der Waals surface area (Å²) in [6.45, 7) is 0.122. The highest BCUT2D eigenvalue weighted by atomic mass is 16.5. The van der Waals surface area contributed by atoms with E-state index in [1.807, 2.05) is 0 Å². The number of rotatable bonds is 3. The van der Waals surface area contributed by atoms with Gasteiger partial charge in [-0.15, -0.1) is 0 Å². The van der Waals surface area contributed by atoms with E-state index in [4.69, 9.17) is 0 Å². The zero-order valence-electron chi connectivity index (χ0n) is 7.59. The molecule has 5 heteroatoms. The minimum atomic E-state index is -0.512. The Balaban J connectivity index is 3.44. The second-order valence-corrected chi connectivity index (χ2v) is 2.42. The molecule has 0 unspecified atom stereocenters. The first-order valence-corrected chi connectivity index (χ1v) is 3.62. The number of hydrogen-bond donors (Lipinski definition) is 1. The molecule has 0 fully saturated rings. The van der Waals surface area contributed by atoms with Crippen molar-refractivity contribution in [3.8, 4) is 0 Å². The Morgan fingerprint density at radius 2 is 2.00 bits per heavy atom. The molecule has 70 valence electrons. The highest BCUT2D eigenvalue weighted by Crippen LogP contribution is 1.88. The van der Waals surface area contributed by atoms with E-state index in [2.05, 4.69) is 10.1 Å². The van der Waals surface area contributed by atoms with Crippen molar-refractivity contribution < 1.29 is 14.3 Å². The lowest BCUT2D eigenvalue weighted by atomic mass is 10.4. The number of amides is 2. The Bertz CT molecular complexity index is 168. The van der Waals surface area contributed by atoms with Crippen molar-refractivity contribution in [2.45, 2.75) is 6.42 Å². The number of carbonyl (C=O) groups is 2. The van der Waals surface area contributed by atoms with Crippen molar-refractivity contribution >= 4 is 12.0 Å². The van der Waals surface area contributed by atoms with Crippen LogP contribution in [0.25, 0.3) is 0 Å². The summed E-state index contributed by atoms with van der Waals surface area (Å²) in [4.78, 5) is 22.9. The first kappa shape index (κ1) is 10.7. The van der Waals surface area contributed by atoms with Crippen LogP contribution < -0.4 is 5.32 Å². The number of nitrogens with one attached hydrogen (secondary N) is 1. The lowest BCUT2D eigenvalue weighted by Crippen LogP contribution is -2.25. The summed E-state index contributed by atoms with van der Waals surface area (Å²) in [5, 5.41) is 2.28. The first-order valence-electron chi connectivity index (χ1n) is 3.62. The second kappa shape index (κ2) is 5.40. The summed E-state index contributed by atoms with van der Waals surface area (Å²) in [5.74, 6) is -0.0566. The van der Waals surface area contributed by atoms with Gasteiger partial charge in [-0.2, -0.15) is 0 Å². The molecule has 1 N–H and O–H groups in total. The molecule has 0 rings (SSSR count). The predicted octanol–water partition coefficient (Wildman–Crippen LogP) is -0.179. The number of ether oxygens (including phenoxy) is 1. The van der Waals surface area contributed by atoms with E-state index in [-0.39, 0.29) is 18.9 Å². The molecule has 0 spiro atoms. The van der Waals surface area contributed by atoms with Crippen LogP contribution in [0.15, 0.2) is 0 Å². The molecule has 5 nitrogen and oxygen atoms in total. The van der Waals surface area contributed by atoms with Crippen LogP contribution in [0.5, 0.6) is 0 Å². The fourth-order valence-electron chi connectivity index (χ4n) is 0.527. The summed E-state index contributed by atoms with van der Waals surface area (Å²) in [7, 11) is 4.78. The van der Waals surface area contributed by atoms with E-state index in [0.29, 0.717) is 0 Å². The zero-order chi connectivity index (χ0) is 9.56. The van der Waals surface area contributed by atoms with Crippen LogP contribution in [0.3, 0.4) is 0 Å². The summed E-state index contributed by atoms with van der Waals surface area (Å²) >= 11 is 0. The van der Waals surface area contributed by atoms with Crippen molar-refractivity contribution in [1.82, 2.24) is 10.2 Å². The van der Waals surface area contributed by atoms with Gasteiger partial charge in [-0.05, 0) is 0 Å². The van der Waals surface area contributed by atoms with Crippen molar-refractivity contribution in [3.05, 3.63) is 0 Å². The topological polar surface area (TPSA) is 58.6 Å². The maximum absolute atomic E-state index is 10.9. The van der Waals surface area contributed by atoms with Gasteiger partial charge in [-0.25, -0.2) is 4.79 Å². The molecule has 0 aromatic carbocycles. The quantitative estimate of drug-likeness (QED) is 0.645. The summed E-state index contributed by atoms with van der Waals surface area (Å²) < 4.78 is 4.61. The fourth-order valence-corrected chi connectivity index (χ4v) is 0.527. The predicted molar refractivity (Wildman–Crippen MR) is 43.7 cm³/mol. The standard InChI is InChI=1S/C7H14N2O3/c1-8-7(11)12-5-4-6(10)9(2)3/h4-5H2,1-3H3,(H,8,11). The summed E-state index contributed by atoms with van der Waals surface area (Å²) in [6, 6.07) is 0. The average molecular weight is 174 g/mol. The summed E-state index contributed by atoms with van der Waals surface area (Å²) in [6.07, 6.45) is -0.290. The molecule has 0 aliphatic heterocycles. The second-order valence-electron chi connectivity index (χ2n) is 2.42. The number of nitrogens with zero attached hydrogens (tertiary/aromatic N) is 1. The van der Waals surface area contributed by atoms with Gasteiger partial charge in [0, 0.05) is 21.1 Å². The van der Waals surface area contributed by atoms with Crippen molar-refractivity contribution in [3.63, 3.8) is 0 Å². The van der Waals surface area contributed by atoms with Crippen molar-refractivity contribution in [2.75, 3.05) is 27.7 Å². The maximum Gasteiger partial charge on any atom is 0.406 e. The molecular weight excluding hydrogens is 160 g/mol. The zero-order valence-corrected chi connectivity index (χ0v) is 7.59. The molecule has 0 aromatic rings. The molecule has 2 amide bonds. The molecule has 0 radical (unpaired) electrons. The highest BCUT2D eigenvalue weighted by molar-refractivity contribution is 5.76. The van der Waals surface area contributed by atoms with Crippen LogP contribution in [0.2, 0.25) is 0 Å². The van der Waals surface area contributed by atoms with E-state index in [1.165, 1.54) is 11.9 Å². The number of alkyl carbamates (subject to hydrolysis) is 1. The third kappa shape index (κ3) is 4.54. The van der Waals surface area contributed by atoms with Crippen LogP contribution >= 0.6 is 0 Å². The lowest BCUT2D eigenvalue weighted by molar-refractivity contribution is -0.129. The Morgan fingerprint density at radius 3 is 2.42 bits per heavy atom. The monoisotopic (exact) mass is 174 g/mol. The summed E-state index contributed by atoms with van der Waals surface area (Å²) in [5.41, 5.74) is 0. The Hall–Kier alpha value is -1.26. The molecule has 0 saturated heterocycles. The van der Waals surface area contributed by atoms with E-state index >= 15 is 0 Å². The van der Waals surface area contributed by atoms with E-state index in [9.17, 15) is 9.59 Å². The molecule has 0 heterocycles. The SMILES string of the molecule is CNC(=O)OCCC(=O)N(C)C. The Labute approximate surface area is 71.7 Å². The smallest absolute Gasteiger partial charge is 0.406 e. The largest absolute Gasteiger partial charge is 0.449 e. The van der Waals surface area contributed by atoms with Gasteiger partial charge in [-0.3, -0.25) is 4.79 Å². The minimum absolute atomic E-state index is 0.0566. The van der Waals surface area contributed by atoms with Gasteiger partial charge in [0.2, 0.25) is 5.91 Å². The van der Waals surface area contributed by atoms with Gasteiger partial charge in [0.1, 0.15) is 6.61 Å². The Kier molecular flexibility index (Phi) is 4.83. The number of carbonyl (C=O) groups excluding carboxylic acids is 2. The van der Waals surface area contributed by atoms with Crippen LogP contribution in [0.4, 0.5) is 4.79 Å². The minimum Gasteiger partial charge on any atom is -0.449 e. The van der Waals surface area contributed by atoms with Crippen LogP contribution in [0, 0.1) is 0 Å². The van der Waals surface area contributed by atoms with E-state index < -0.39 is 6.09 Å². The molecular formula is C7H14N2O3. The van der Waals surface area contributed by atoms with Crippen molar-refractivity contribution in [1.29, 1.82) is 0 Å². The van der Waals surface area contributed by atoms with Crippen LogP contribution in [-0.4, -0.2) is 44.7 Å². The number of hydrogen-bond acceptors (Lipinski definition) is 3. The van der Waals surface area contributed by atoms with E-state index in [0.717, 1.165) is 0 Å². The van der Waals surface area contributed by atoms with Crippen LogP contribution in [-0.2, 0) is 9.53 Å². The van der Waals surface area contributed by atoms with Gasteiger partial charge in [-0.1, -0.05) is 0 Å². The molecule has 12 heavy (non-hydrogen) atoms. The highest BCUT2D eigenvalue weighted by Gasteiger charge is 2.04. The third-order valence-electron chi connectivity index (χ3n) is 1.25. The molecule has 0 atom stereocenters. The average Bonchev–Trinajstić information content (AvgIpc) is 2.03. The van der Waals surface area contributed by atoms with Gasteiger partial charge in [0.25, 0.3) is 0 Å². The molecule has 0 aliphatic carbocycles. The maximum atomic E-state index is 10.9. The lowest BCUT2D eigenvalue weighted by Gasteiger charge is -2.09. The Morgan fingerprint density at radius 1 is 1.42 bits per heavy atom. The molecule has 0 saturated carbocycles. The molecule has 0 aromatic heterocycles. The molecule has 0 aliphatic rings. The van der Waals surface area contributed by atoms with E-state index in [1.54, 1.807) is 14.1 Å². The normalized spacial score (nSPS) is 8.92. The van der Waals surface area contributed by atoms with Gasteiger partial charge < -0.3 is 15.0 Å². The fraction of sp³-hybridized carbons (Fsp3) is 0.714. The van der Waals surface area contributed by atoms with Crippen LogP contribution in [0.1, 0.15) is 6.42 Å². The van der Waals surface area contributed by atoms with Gasteiger partial charge in [0.15, 0.2) is 0 Å².